The Balaban J connectivity index is 1.74. The lowest BCUT2D eigenvalue weighted by Crippen LogP contribution is -2.42. The third kappa shape index (κ3) is 2.58. The second-order valence-corrected chi connectivity index (χ2v) is 4.84. The molecule has 1 amide bonds. The van der Waals surface area contributed by atoms with Gasteiger partial charge in [-0.2, -0.15) is 0 Å². The fourth-order valence-corrected chi connectivity index (χ4v) is 2.33. The van der Waals surface area contributed by atoms with Crippen LogP contribution < -0.4 is 0 Å². The van der Waals surface area contributed by atoms with E-state index in [1.54, 1.807) is 17.9 Å². The van der Waals surface area contributed by atoms with E-state index in [2.05, 4.69) is 5.16 Å². The summed E-state index contributed by atoms with van der Waals surface area (Å²) in [4.78, 5) is 14.1. The highest BCUT2D eigenvalue weighted by molar-refractivity contribution is 5.92. The van der Waals surface area contributed by atoms with Crippen LogP contribution >= 0.6 is 0 Å². The van der Waals surface area contributed by atoms with Crippen molar-refractivity contribution in [3.8, 4) is 0 Å². The van der Waals surface area contributed by atoms with E-state index in [4.69, 9.17) is 9.26 Å². The number of benzene rings is 1. The standard InChI is InChI=1S/C15H16N2O3/c1-11-9-13(16-20-11)15(18)17-7-8-19-14(10-17)12-5-3-2-4-6-12/h2-6,9,14H,7-8,10H2,1H3/t14-/m1/s1. The Morgan fingerprint density at radius 2 is 2.15 bits per heavy atom. The van der Waals surface area contributed by atoms with Crippen LogP contribution in [0.25, 0.3) is 0 Å². The lowest BCUT2D eigenvalue weighted by Gasteiger charge is -2.32. The molecule has 1 aromatic carbocycles. The normalized spacial score (nSPS) is 19.1. The molecule has 5 nitrogen and oxygen atoms in total. The number of rotatable bonds is 2. The monoisotopic (exact) mass is 272 g/mol. The molecule has 0 saturated carbocycles. The molecule has 2 aromatic rings. The Labute approximate surface area is 117 Å². The van der Waals surface area contributed by atoms with Crippen molar-refractivity contribution < 1.29 is 14.1 Å². The average Bonchev–Trinajstić information content (AvgIpc) is 2.94. The quantitative estimate of drug-likeness (QED) is 0.841. The summed E-state index contributed by atoms with van der Waals surface area (Å²) >= 11 is 0. The zero-order valence-electron chi connectivity index (χ0n) is 11.3. The van der Waals surface area contributed by atoms with E-state index in [1.165, 1.54) is 0 Å². The molecule has 1 aromatic heterocycles. The number of hydrogen-bond donors (Lipinski definition) is 0. The van der Waals surface area contributed by atoms with Crippen LogP contribution in [0.4, 0.5) is 0 Å². The van der Waals surface area contributed by atoms with Crippen LogP contribution in [0.2, 0.25) is 0 Å². The van der Waals surface area contributed by atoms with Crippen molar-refractivity contribution in [3.05, 3.63) is 53.4 Å². The summed E-state index contributed by atoms with van der Waals surface area (Å²) < 4.78 is 10.7. The van der Waals surface area contributed by atoms with Crippen LogP contribution in [0.15, 0.2) is 40.9 Å². The van der Waals surface area contributed by atoms with Crippen LogP contribution in [0.1, 0.15) is 27.9 Å². The molecular weight excluding hydrogens is 256 g/mol. The highest BCUT2D eigenvalue weighted by Crippen LogP contribution is 2.22. The molecule has 20 heavy (non-hydrogen) atoms. The Morgan fingerprint density at radius 1 is 1.35 bits per heavy atom. The minimum Gasteiger partial charge on any atom is -0.370 e. The van der Waals surface area contributed by atoms with Gasteiger partial charge in [-0.15, -0.1) is 0 Å². The maximum Gasteiger partial charge on any atom is 0.276 e. The lowest BCUT2D eigenvalue weighted by atomic mass is 10.1. The Morgan fingerprint density at radius 3 is 2.85 bits per heavy atom. The van der Waals surface area contributed by atoms with Gasteiger partial charge in [0.15, 0.2) is 5.69 Å². The molecule has 1 fully saturated rings. The van der Waals surface area contributed by atoms with Crippen molar-refractivity contribution in [2.45, 2.75) is 13.0 Å². The predicted molar refractivity (Wildman–Crippen MR) is 72.3 cm³/mol. The molecule has 0 spiro atoms. The van der Waals surface area contributed by atoms with Gasteiger partial charge in [0.05, 0.1) is 13.2 Å². The first-order chi connectivity index (χ1) is 9.74. The molecular formula is C15H16N2O3. The summed E-state index contributed by atoms with van der Waals surface area (Å²) in [7, 11) is 0. The Kier molecular flexibility index (Phi) is 3.52. The van der Waals surface area contributed by atoms with Gasteiger partial charge in [-0.25, -0.2) is 0 Å². The van der Waals surface area contributed by atoms with Gasteiger partial charge in [-0.1, -0.05) is 35.5 Å². The number of nitrogens with zero attached hydrogens (tertiary/aromatic N) is 2. The number of amides is 1. The summed E-state index contributed by atoms with van der Waals surface area (Å²) in [6.45, 7) is 3.42. The maximum absolute atomic E-state index is 12.3. The number of aromatic nitrogens is 1. The first-order valence-corrected chi connectivity index (χ1v) is 6.63. The minimum absolute atomic E-state index is 0.0816. The zero-order chi connectivity index (χ0) is 13.9. The number of carbonyl (C=O) groups excluding carboxylic acids is 1. The first kappa shape index (κ1) is 12.9. The van der Waals surface area contributed by atoms with E-state index in [1.807, 2.05) is 30.3 Å². The van der Waals surface area contributed by atoms with Crippen molar-refractivity contribution in [1.82, 2.24) is 10.1 Å². The molecule has 0 aliphatic carbocycles. The van der Waals surface area contributed by atoms with Crippen LogP contribution in [-0.2, 0) is 4.74 Å². The number of morpholine rings is 1. The van der Waals surface area contributed by atoms with Crippen molar-refractivity contribution in [1.29, 1.82) is 0 Å². The van der Waals surface area contributed by atoms with Gasteiger partial charge in [0.2, 0.25) is 0 Å². The van der Waals surface area contributed by atoms with E-state index in [9.17, 15) is 4.79 Å². The Bertz CT molecular complexity index is 594. The van der Waals surface area contributed by atoms with E-state index < -0.39 is 0 Å². The highest BCUT2D eigenvalue weighted by Gasteiger charge is 2.27. The van der Waals surface area contributed by atoms with Gasteiger partial charge in [-0.05, 0) is 12.5 Å². The highest BCUT2D eigenvalue weighted by atomic mass is 16.5. The van der Waals surface area contributed by atoms with Gasteiger partial charge in [0, 0.05) is 12.6 Å². The molecule has 1 saturated heterocycles. The van der Waals surface area contributed by atoms with E-state index >= 15 is 0 Å². The summed E-state index contributed by atoms with van der Waals surface area (Å²) in [5.74, 6) is 0.535. The number of aryl methyl sites for hydroxylation is 1. The van der Waals surface area contributed by atoms with E-state index in [0.717, 1.165) is 5.56 Å². The number of carbonyl (C=O) groups is 1. The van der Waals surface area contributed by atoms with Crippen molar-refractivity contribution >= 4 is 5.91 Å². The molecule has 0 unspecified atom stereocenters. The third-order valence-corrected chi connectivity index (χ3v) is 3.37. The van der Waals surface area contributed by atoms with Gasteiger partial charge in [-0.3, -0.25) is 4.79 Å². The van der Waals surface area contributed by atoms with Crippen LogP contribution in [0.3, 0.4) is 0 Å². The molecule has 3 rings (SSSR count). The summed E-state index contributed by atoms with van der Waals surface area (Å²) in [6.07, 6.45) is -0.0816. The molecule has 0 radical (unpaired) electrons. The average molecular weight is 272 g/mol. The van der Waals surface area contributed by atoms with E-state index in [-0.39, 0.29) is 12.0 Å². The lowest BCUT2D eigenvalue weighted by molar-refractivity contribution is -0.0231. The van der Waals surface area contributed by atoms with Gasteiger partial charge >= 0.3 is 0 Å². The summed E-state index contributed by atoms with van der Waals surface area (Å²) in [5.41, 5.74) is 1.44. The van der Waals surface area contributed by atoms with Crippen LogP contribution in [-0.4, -0.2) is 35.7 Å². The smallest absolute Gasteiger partial charge is 0.276 e. The first-order valence-electron chi connectivity index (χ1n) is 6.63. The van der Waals surface area contributed by atoms with Gasteiger partial charge in [0.1, 0.15) is 11.9 Å². The zero-order valence-corrected chi connectivity index (χ0v) is 11.3. The molecule has 1 aliphatic heterocycles. The molecule has 1 atom stereocenters. The molecule has 2 heterocycles. The largest absolute Gasteiger partial charge is 0.370 e. The van der Waals surface area contributed by atoms with Gasteiger partial charge < -0.3 is 14.2 Å². The number of ether oxygens (including phenoxy) is 1. The van der Waals surface area contributed by atoms with Crippen molar-refractivity contribution in [2.24, 2.45) is 0 Å². The van der Waals surface area contributed by atoms with Crippen molar-refractivity contribution in [3.63, 3.8) is 0 Å². The molecule has 1 aliphatic rings. The maximum atomic E-state index is 12.3. The van der Waals surface area contributed by atoms with Crippen LogP contribution in [0.5, 0.6) is 0 Å². The molecule has 104 valence electrons. The SMILES string of the molecule is Cc1cc(C(=O)N2CCO[C@@H](c3ccccc3)C2)no1. The number of hydrogen-bond acceptors (Lipinski definition) is 4. The summed E-state index contributed by atoms with van der Waals surface area (Å²) in [5, 5.41) is 3.78. The fraction of sp³-hybridized carbons (Fsp3) is 0.333. The van der Waals surface area contributed by atoms with Crippen LogP contribution in [0, 0.1) is 6.92 Å². The summed E-state index contributed by atoms with van der Waals surface area (Å²) in [6, 6.07) is 11.6. The third-order valence-electron chi connectivity index (χ3n) is 3.37. The second kappa shape index (κ2) is 5.46. The van der Waals surface area contributed by atoms with Crippen molar-refractivity contribution in [2.75, 3.05) is 19.7 Å². The molecule has 0 bridgehead atoms. The van der Waals surface area contributed by atoms with Gasteiger partial charge in [0.25, 0.3) is 5.91 Å². The second-order valence-electron chi connectivity index (χ2n) is 4.84. The topological polar surface area (TPSA) is 55.6 Å². The Hall–Kier alpha value is -2.14. The molecule has 5 heteroatoms. The molecule has 0 N–H and O–H groups in total. The minimum atomic E-state index is -0.105. The fourth-order valence-electron chi connectivity index (χ4n) is 2.33. The predicted octanol–water partition coefficient (Wildman–Crippen LogP) is 2.20. The van der Waals surface area contributed by atoms with E-state index in [0.29, 0.717) is 31.2 Å².